The Labute approximate surface area is 109 Å². The average Bonchev–Trinajstić information content (AvgIpc) is 2.80. The van der Waals surface area contributed by atoms with Crippen LogP contribution in [-0.2, 0) is 15.6 Å². The monoisotopic (exact) mass is 281 g/mol. The molecule has 1 heterocycles. The van der Waals surface area contributed by atoms with Gasteiger partial charge in [-0.05, 0) is 24.6 Å². The van der Waals surface area contributed by atoms with E-state index in [0.717, 1.165) is 0 Å². The zero-order chi connectivity index (χ0) is 14.0. The fourth-order valence-electron chi connectivity index (χ4n) is 1.76. The molecule has 0 fully saturated rings. The van der Waals surface area contributed by atoms with Gasteiger partial charge in [0, 0.05) is 6.07 Å². The molecule has 2 rings (SSSR count). The van der Waals surface area contributed by atoms with Crippen molar-refractivity contribution in [2.45, 2.75) is 17.6 Å². The first-order valence-electron chi connectivity index (χ1n) is 5.37. The van der Waals surface area contributed by atoms with E-state index in [4.69, 9.17) is 9.63 Å². The van der Waals surface area contributed by atoms with Gasteiger partial charge in [0.15, 0.2) is 15.6 Å². The summed E-state index contributed by atoms with van der Waals surface area (Å²) in [5.41, 5.74) is 0.188. The normalized spacial score (nSPS) is 11.4. The van der Waals surface area contributed by atoms with Crippen molar-refractivity contribution in [3.05, 3.63) is 47.3 Å². The van der Waals surface area contributed by atoms with E-state index < -0.39 is 15.8 Å². The van der Waals surface area contributed by atoms with Crippen molar-refractivity contribution in [3.8, 4) is 0 Å². The van der Waals surface area contributed by atoms with Crippen LogP contribution < -0.4 is 0 Å². The van der Waals surface area contributed by atoms with Gasteiger partial charge in [0.2, 0.25) is 0 Å². The molecule has 0 atom stereocenters. The maximum atomic E-state index is 12.2. The third-order valence-electron chi connectivity index (χ3n) is 2.67. The number of rotatable bonds is 4. The summed E-state index contributed by atoms with van der Waals surface area (Å²) in [5.74, 6) is -1.30. The van der Waals surface area contributed by atoms with Gasteiger partial charge in [0.25, 0.3) is 0 Å². The highest BCUT2D eigenvalue weighted by Gasteiger charge is 2.22. The Morgan fingerprint density at radius 1 is 1.37 bits per heavy atom. The molecule has 0 aliphatic carbocycles. The van der Waals surface area contributed by atoms with Crippen LogP contribution in [0.15, 0.2) is 39.9 Å². The van der Waals surface area contributed by atoms with Crippen molar-refractivity contribution in [2.24, 2.45) is 0 Å². The summed E-state index contributed by atoms with van der Waals surface area (Å²) in [5, 5.41) is 12.4. The van der Waals surface area contributed by atoms with Crippen LogP contribution in [0.5, 0.6) is 0 Å². The van der Waals surface area contributed by atoms with Crippen molar-refractivity contribution in [2.75, 3.05) is 0 Å². The molecule has 100 valence electrons. The Morgan fingerprint density at radius 2 is 2.11 bits per heavy atom. The number of carbonyl (C=O) groups is 1. The van der Waals surface area contributed by atoms with Crippen molar-refractivity contribution in [1.82, 2.24) is 5.16 Å². The Kier molecular flexibility index (Phi) is 3.39. The molecule has 0 saturated heterocycles. The third kappa shape index (κ3) is 2.65. The number of carboxylic acids is 1. The van der Waals surface area contributed by atoms with E-state index in [0.29, 0.717) is 0 Å². The van der Waals surface area contributed by atoms with Gasteiger partial charge in [-0.15, -0.1) is 0 Å². The summed E-state index contributed by atoms with van der Waals surface area (Å²) in [6.45, 7) is 1.47. The molecule has 19 heavy (non-hydrogen) atoms. The minimum Gasteiger partial charge on any atom is -0.478 e. The minimum atomic E-state index is -3.67. The lowest BCUT2D eigenvalue weighted by atomic mass is 10.1. The summed E-state index contributed by atoms with van der Waals surface area (Å²) >= 11 is 0. The van der Waals surface area contributed by atoms with Crippen LogP contribution in [0.4, 0.5) is 0 Å². The van der Waals surface area contributed by atoms with Crippen LogP contribution in [-0.4, -0.2) is 24.7 Å². The smallest absolute Gasteiger partial charge is 0.335 e. The fourth-order valence-corrected chi connectivity index (χ4v) is 3.31. The van der Waals surface area contributed by atoms with Gasteiger partial charge in [-0.25, -0.2) is 13.2 Å². The Hall–Kier alpha value is -2.15. The second-order valence-corrected chi connectivity index (χ2v) is 5.93. The van der Waals surface area contributed by atoms with Crippen LogP contribution in [0, 0.1) is 6.92 Å². The zero-order valence-corrected chi connectivity index (χ0v) is 10.8. The maximum absolute atomic E-state index is 12.2. The molecule has 0 bridgehead atoms. The molecule has 0 amide bonds. The van der Waals surface area contributed by atoms with Crippen molar-refractivity contribution >= 4 is 15.8 Å². The number of aromatic carboxylic acids is 1. The standard InChI is InChI=1S/C12H11NO5S/c1-8-10(12(14)15)3-2-4-11(8)19(16,17)7-9-5-6-13-18-9/h2-6H,7H2,1H3,(H,14,15). The fraction of sp³-hybridized carbons (Fsp3) is 0.167. The number of sulfone groups is 1. The van der Waals surface area contributed by atoms with E-state index in [1.54, 1.807) is 0 Å². The summed E-state index contributed by atoms with van der Waals surface area (Å²) in [6, 6.07) is 5.61. The number of nitrogens with zero attached hydrogens (tertiary/aromatic N) is 1. The topological polar surface area (TPSA) is 97.5 Å². The van der Waals surface area contributed by atoms with E-state index in [-0.39, 0.29) is 27.5 Å². The first-order valence-corrected chi connectivity index (χ1v) is 7.02. The van der Waals surface area contributed by atoms with E-state index in [1.807, 2.05) is 0 Å². The lowest BCUT2D eigenvalue weighted by Crippen LogP contribution is -2.09. The molecule has 0 aliphatic rings. The minimum absolute atomic E-state index is 0.0104. The number of hydrogen-bond acceptors (Lipinski definition) is 5. The highest BCUT2D eigenvalue weighted by atomic mass is 32.2. The van der Waals surface area contributed by atoms with Gasteiger partial charge in [0.05, 0.1) is 16.7 Å². The number of aromatic nitrogens is 1. The molecule has 7 heteroatoms. The van der Waals surface area contributed by atoms with E-state index >= 15 is 0 Å². The van der Waals surface area contributed by atoms with Gasteiger partial charge in [-0.2, -0.15) is 0 Å². The number of hydrogen-bond donors (Lipinski definition) is 1. The zero-order valence-electron chi connectivity index (χ0n) is 10.0. The third-order valence-corrected chi connectivity index (χ3v) is 4.45. The molecule has 0 aliphatic heterocycles. The Morgan fingerprint density at radius 3 is 2.68 bits per heavy atom. The van der Waals surface area contributed by atoms with Gasteiger partial charge < -0.3 is 9.63 Å². The summed E-state index contributed by atoms with van der Waals surface area (Å²) in [7, 11) is -3.67. The highest BCUT2D eigenvalue weighted by molar-refractivity contribution is 7.90. The Bertz CT molecular complexity index is 704. The van der Waals surface area contributed by atoms with Crippen molar-refractivity contribution < 1.29 is 22.8 Å². The summed E-state index contributed by atoms with van der Waals surface area (Å²) in [6.07, 6.45) is 1.35. The number of benzene rings is 1. The van der Waals surface area contributed by atoms with Crippen LogP contribution in [0.3, 0.4) is 0 Å². The predicted molar refractivity (Wildman–Crippen MR) is 65.5 cm³/mol. The largest absolute Gasteiger partial charge is 0.478 e. The van der Waals surface area contributed by atoms with Gasteiger partial charge >= 0.3 is 5.97 Å². The molecule has 0 radical (unpaired) electrons. The molecule has 0 saturated carbocycles. The first-order chi connectivity index (χ1) is 8.92. The van der Waals surface area contributed by atoms with Crippen LogP contribution in [0.25, 0.3) is 0 Å². The molecular formula is C12H11NO5S. The lowest BCUT2D eigenvalue weighted by Gasteiger charge is -2.08. The molecule has 1 aromatic heterocycles. The quantitative estimate of drug-likeness (QED) is 0.915. The van der Waals surface area contributed by atoms with Gasteiger partial charge in [0.1, 0.15) is 5.75 Å². The van der Waals surface area contributed by atoms with Crippen LogP contribution >= 0.6 is 0 Å². The van der Waals surface area contributed by atoms with Crippen molar-refractivity contribution in [1.29, 1.82) is 0 Å². The summed E-state index contributed by atoms with van der Waals surface area (Å²) in [4.78, 5) is 11.0. The molecule has 1 N–H and O–H groups in total. The molecule has 0 spiro atoms. The first kappa shape index (κ1) is 13.3. The lowest BCUT2D eigenvalue weighted by molar-refractivity contribution is 0.0696. The maximum Gasteiger partial charge on any atom is 0.335 e. The second kappa shape index (κ2) is 4.85. The second-order valence-electron chi connectivity index (χ2n) is 3.97. The van der Waals surface area contributed by atoms with Crippen molar-refractivity contribution in [3.63, 3.8) is 0 Å². The van der Waals surface area contributed by atoms with E-state index in [2.05, 4.69) is 5.16 Å². The van der Waals surface area contributed by atoms with Gasteiger partial charge in [-0.3, -0.25) is 0 Å². The molecule has 6 nitrogen and oxygen atoms in total. The average molecular weight is 281 g/mol. The van der Waals surface area contributed by atoms with Crippen LogP contribution in [0.1, 0.15) is 21.7 Å². The van der Waals surface area contributed by atoms with E-state index in [1.165, 1.54) is 37.4 Å². The molecule has 0 unspecified atom stereocenters. The molecule has 2 aromatic rings. The SMILES string of the molecule is Cc1c(C(=O)O)cccc1S(=O)(=O)Cc1ccno1. The Balaban J connectivity index is 2.47. The van der Waals surface area contributed by atoms with Crippen LogP contribution in [0.2, 0.25) is 0 Å². The number of carboxylic acid groups (broad SMARTS) is 1. The van der Waals surface area contributed by atoms with E-state index in [9.17, 15) is 13.2 Å². The predicted octanol–water partition coefficient (Wildman–Crippen LogP) is 1.66. The summed E-state index contributed by atoms with van der Waals surface area (Å²) < 4.78 is 29.2. The molecule has 1 aromatic carbocycles. The van der Waals surface area contributed by atoms with Gasteiger partial charge in [-0.1, -0.05) is 11.2 Å². The highest BCUT2D eigenvalue weighted by Crippen LogP contribution is 2.22. The molecular weight excluding hydrogens is 270 g/mol.